The van der Waals surface area contributed by atoms with Crippen LogP contribution in [-0.4, -0.2) is 18.2 Å². The molecule has 1 N–H and O–H groups in total. The quantitative estimate of drug-likeness (QED) is 0.713. The number of hydrogen-bond acceptors (Lipinski definition) is 3. The predicted octanol–water partition coefficient (Wildman–Crippen LogP) is 4.64. The van der Waals surface area contributed by atoms with E-state index in [-0.39, 0.29) is 12.2 Å². The summed E-state index contributed by atoms with van der Waals surface area (Å²) in [6.07, 6.45) is 0. The summed E-state index contributed by atoms with van der Waals surface area (Å²) in [7, 11) is 1.55. The number of carbonyl (C=O) groups is 1. The van der Waals surface area contributed by atoms with Crippen molar-refractivity contribution in [1.29, 1.82) is 0 Å². The van der Waals surface area contributed by atoms with Gasteiger partial charge in [0.2, 0.25) is 0 Å². The normalized spacial score (nSPS) is 10.3. The van der Waals surface area contributed by atoms with E-state index in [0.29, 0.717) is 17.1 Å². The monoisotopic (exact) mass is 334 g/mol. The zero-order chi connectivity index (χ0) is 17.6. The molecule has 3 aromatic carbocycles. The average molecular weight is 334 g/mol. The molecule has 4 heteroatoms. The molecule has 0 unspecified atom stereocenters. The fourth-order valence-corrected chi connectivity index (χ4v) is 2.56. The van der Waals surface area contributed by atoms with Gasteiger partial charge in [-0.05, 0) is 41.5 Å². The van der Waals surface area contributed by atoms with E-state index in [1.807, 2.05) is 42.5 Å². The third-order valence-electron chi connectivity index (χ3n) is 3.88. The van der Waals surface area contributed by atoms with Gasteiger partial charge in [-0.25, -0.2) is 4.79 Å². The third kappa shape index (κ3) is 3.98. The molecule has 0 radical (unpaired) electrons. The molecule has 0 heterocycles. The SMILES string of the molecule is COc1ccc(C(=O)O)cc1COc1ccc(-c2ccccc2)cc1. The second-order valence-electron chi connectivity index (χ2n) is 5.51. The van der Waals surface area contributed by atoms with Gasteiger partial charge in [0, 0.05) is 5.56 Å². The van der Waals surface area contributed by atoms with Crippen molar-refractivity contribution in [2.75, 3.05) is 7.11 Å². The second-order valence-corrected chi connectivity index (χ2v) is 5.51. The molecule has 3 rings (SSSR count). The Bertz CT molecular complexity index is 855. The summed E-state index contributed by atoms with van der Waals surface area (Å²) in [4.78, 5) is 11.1. The summed E-state index contributed by atoms with van der Waals surface area (Å²) in [5.41, 5.74) is 3.15. The maximum atomic E-state index is 11.1. The van der Waals surface area contributed by atoms with Gasteiger partial charge in [0.05, 0.1) is 12.7 Å². The molecule has 0 aromatic heterocycles. The first kappa shape index (κ1) is 16.6. The van der Waals surface area contributed by atoms with Gasteiger partial charge in [-0.15, -0.1) is 0 Å². The number of ether oxygens (including phenoxy) is 2. The van der Waals surface area contributed by atoms with Crippen molar-refractivity contribution in [3.8, 4) is 22.6 Å². The first-order chi connectivity index (χ1) is 12.2. The van der Waals surface area contributed by atoms with Gasteiger partial charge in [0.15, 0.2) is 0 Å². The summed E-state index contributed by atoms with van der Waals surface area (Å²) in [6.45, 7) is 0.231. The number of benzene rings is 3. The van der Waals surface area contributed by atoms with Gasteiger partial charge >= 0.3 is 5.97 Å². The number of methoxy groups -OCH3 is 1. The van der Waals surface area contributed by atoms with Crippen LogP contribution in [0, 0.1) is 0 Å². The minimum Gasteiger partial charge on any atom is -0.496 e. The molecule has 3 aromatic rings. The topological polar surface area (TPSA) is 55.8 Å². The van der Waals surface area contributed by atoms with E-state index >= 15 is 0 Å². The number of hydrogen-bond donors (Lipinski definition) is 1. The molecule has 0 spiro atoms. The van der Waals surface area contributed by atoms with Crippen molar-refractivity contribution in [2.45, 2.75) is 6.61 Å². The van der Waals surface area contributed by atoms with E-state index in [9.17, 15) is 4.79 Å². The Balaban J connectivity index is 1.73. The first-order valence-corrected chi connectivity index (χ1v) is 7.86. The zero-order valence-corrected chi connectivity index (χ0v) is 13.8. The molecule has 0 aliphatic carbocycles. The van der Waals surface area contributed by atoms with Crippen LogP contribution in [0.3, 0.4) is 0 Å². The summed E-state index contributed by atoms with van der Waals surface area (Å²) >= 11 is 0. The van der Waals surface area contributed by atoms with Crippen LogP contribution in [0.2, 0.25) is 0 Å². The van der Waals surface area contributed by atoms with Crippen LogP contribution in [0.5, 0.6) is 11.5 Å². The van der Waals surface area contributed by atoms with Gasteiger partial charge < -0.3 is 14.6 Å². The third-order valence-corrected chi connectivity index (χ3v) is 3.88. The Kier molecular flexibility index (Phi) is 5.00. The summed E-state index contributed by atoms with van der Waals surface area (Å²) < 4.78 is 11.1. The number of rotatable bonds is 6. The lowest BCUT2D eigenvalue weighted by Gasteiger charge is -2.11. The van der Waals surface area contributed by atoms with Crippen LogP contribution in [0.25, 0.3) is 11.1 Å². The minimum atomic E-state index is -0.976. The molecule has 0 bridgehead atoms. The highest BCUT2D eigenvalue weighted by atomic mass is 16.5. The molecule has 0 saturated heterocycles. The summed E-state index contributed by atoms with van der Waals surface area (Å²) in [5.74, 6) is 0.337. The minimum absolute atomic E-state index is 0.207. The van der Waals surface area contributed by atoms with Crippen molar-refractivity contribution in [2.24, 2.45) is 0 Å². The van der Waals surface area contributed by atoms with Crippen LogP contribution >= 0.6 is 0 Å². The Morgan fingerprint density at radius 1 is 0.920 bits per heavy atom. The largest absolute Gasteiger partial charge is 0.496 e. The highest BCUT2D eigenvalue weighted by molar-refractivity contribution is 5.88. The second kappa shape index (κ2) is 7.53. The maximum Gasteiger partial charge on any atom is 0.335 e. The highest BCUT2D eigenvalue weighted by Gasteiger charge is 2.10. The van der Waals surface area contributed by atoms with Gasteiger partial charge in [-0.2, -0.15) is 0 Å². The molecule has 0 atom stereocenters. The van der Waals surface area contributed by atoms with Gasteiger partial charge in [0.1, 0.15) is 18.1 Å². The lowest BCUT2D eigenvalue weighted by molar-refractivity contribution is 0.0696. The van der Waals surface area contributed by atoms with Crippen LogP contribution in [-0.2, 0) is 6.61 Å². The molecule has 25 heavy (non-hydrogen) atoms. The van der Waals surface area contributed by atoms with Crippen molar-refractivity contribution in [3.63, 3.8) is 0 Å². The Hall–Kier alpha value is -3.27. The summed E-state index contributed by atoms with van der Waals surface area (Å²) in [6, 6.07) is 22.6. The fraction of sp³-hybridized carbons (Fsp3) is 0.0952. The fourth-order valence-electron chi connectivity index (χ4n) is 2.56. The average Bonchev–Trinajstić information content (AvgIpc) is 2.67. The van der Waals surface area contributed by atoms with Crippen molar-refractivity contribution in [3.05, 3.63) is 83.9 Å². The van der Waals surface area contributed by atoms with Gasteiger partial charge in [-0.1, -0.05) is 42.5 Å². The molecule has 0 aliphatic heterocycles. The number of carboxylic acids is 1. The standard InChI is InChI=1S/C21H18O4/c1-24-20-12-9-17(21(22)23)13-18(20)14-25-19-10-7-16(8-11-19)15-5-3-2-4-6-15/h2-13H,14H2,1H3,(H,22,23). The van der Waals surface area contributed by atoms with E-state index in [4.69, 9.17) is 14.6 Å². The summed E-state index contributed by atoms with van der Waals surface area (Å²) in [5, 5.41) is 9.12. The molecular formula is C21H18O4. The molecule has 0 saturated carbocycles. The van der Waals surface area contributed by atoms with E-state index < -0.39 is 5.97 Å². The zero-order valence-electron chi connectivity index (χ0n) is 13.8. The highest BCUT2D eigenvalue weighted by Crippen LogP contribution is 2.25. The molecule has 4 nitrogen and oxygen atoms in total. The first-order valence-electron chi connectivity index (χ1n) is 7.86. The van der Waals surface area contributed by atoms with E-state index in [1.54, 1.807) is 19.2 Å². The van der Waals surface area contributed by atoms with E-state index in [2.05, 4.69) is 12.1 Å². The maximum absolute atomic E-state index is 11.1. The smallest absolute Gasteiger partial charge is 0.335 e. The van der Waals surface area contributed by atoms with Crippen LogP contribution < -0.4 is 9.47 Å². The van der Waals surface area contributed by atoms with Crippen molar-refractivity contribution in [1.82, 2.24) is 0 Å². The van der Waals surface area contributed by atoms with Crippen LogP contribution in [0.1, 0.15) is 15.9 Å². The lowest BCUT2D eigenvalue weighted by Crippen LogP contribution is -2.03. The van der Waals surface area contributed by atoms with Crippen LogP contribution in [0.4, 0.5) is 0 Å². The van der Waals surface area contributed by atoms with Gasteiger partial charge in [0.25, 0.3) is 0 Å². The number of carboxylic acid groups (broad SMARTS) is 1. The van der Waals surface area contributed by atoms with E-state index in [1.165, 1.54) is 6.07 Å². The molecular weight excluding hydrogens is 316 g/mol. The molecule has 126 valence electrons. The Labute approximate surface area is 146 Å². The lowest BCUT2D eigenvalue weighted by atomic mass is 10.1. The van der Waals surface area contributed by atoms with Crippen LogP contribution in [0.15, 0.2) is 72.8 Å². The molecule has 0 fully saturated rings. The predicted molar refractivity (Wildman–Crippen MR) is 96.2 cm³/mol. The van der Waals surface area contributed by atoms with E-state index in [0.717, 1.165) is 11.1 Å². The van der Waals surface area contributed by atoms with Crippen molar-refractivity contribution >= 4 is 5.97 Å². The van der Waals surface area contributed by atoms with Gasteiger partial charge in [-0.3, -0.25) is 0 Å². The Morgan fingerprint density at radius 2 is 1.60 bits per heavy atom. The molecule has 0 aliphatic rings. The Morgan fingerprint density at radius 3 is 2.24 bits per heavy atom. The number of aromatic carboxylic acids is 1. The molecule has 0 amide bonds. The van der Waals surface area contributed by atoms with Crippen molar-refractivity contribution < 1.29 is 19.4 Å².